The van der Waals surface area contributed by atoms with Gasteiger partial charge in [0.2, 0.25) is 0 Å². The van der Waals surface area contributed by atoms with Crippen molar-refractivity contribution in [2.24, 2.45) is 10.9 Å². The molecule has 0 bridgehead atoms. The van der Waals surface area contributed by atoms with E-state index in [1.807, 2.05) is 12.1 Å². The van der Waals surface area contributed by atoms with Crippen LogP contribution in [-0.4, -0.2) is 25.0 Å². The minimum Gasteiger partial charge on any atom is -0.381 e. The van der Waals surface area contributed by atoms with Crippen LogP contribution in [0.2, 0.25) is 5.02 Å². The van der Waals surface area contributed by atoms with Crippen LogP contribution < -0.4 is 5.32 Å². The molecule has 0 atom stereocenters. The van der Waals surface area contributed by atoms with Gasteiger partial charge in [-0.25, -0.2) is 4.99 Å². The van der Waals surface area contributed by atoms with Crippen LogP contribution in [0, 0.1) is 5.92 Å². The molecule has 1 aromatic rings. The summed E-state index contributed by atoms with van der Waals surface area (Å²) < 4.78 is 5.32. The van der Waals surface area contributed by atoms with Crippen LogP contribution in [0.3, 0.4) is 0 Å². The highest BCUT2D eigenvalue weighted by Gasteiger charge is 2.27. The van der Waals surface area contributed by atoms with Crippen molar-refractivity contribution in [2.75, 3.05) is 13.2 Å². The maximum absolute atomic E-state index is 11.9. The molecule has 4 nitrogen and oxygen atoms in total. The van der Waals surface area contributed by atoms with Gasteiger partial charge in [-0.2, -0.15) is 0 Å². The van der Waals surface area contributed by atoms with Gasteiger partial charge in [0.25, 0.3) is 5.91 Å². The van der Waals surface area contributed by atoms with E-state index in [4.69, 9.17) is 16.3 Å². The molecule has 3 rings (SSSR count). The number of nitrogens with zero attached hydrogens (tertiary/aromatic N) is 1. The van der Waals surface area contributed by atoms with Gasteiger partial charge in [-0.1, -0.05) is 23.7 Å². The third-order valence-electron chi connectivity index (χ3n) is 3.50. The Balaban J connectivity index is 1.80. The number of carbonyl (C=O) groups excluding carboxylic acids is 1. The van der Waals surface area contributed by atoms with Crippen LogP contribution in [0.1, 0.15) is 18.4 Å². The summed E-state index contributed by atoms with van der Waals surface area (Å²) in [6.07, 6.45) is 3.60. The molecule has 0 aliphatic carbocycles. The first kappa shape index (κ1) is 13.3. The molecule has 0 unspecified atom stereocenters. The summed E-state index contributed by atoms with van der Waals surface area (Å²) in [5, 5.41) is 3.54. The predicted molar refractivity (Wildman–Crippen MR) is 78.5 cm³/mol. The van der Waals surface area contributed by atoms with Gasteiger partial charge in [-0.15, -0.1) is 0 Å². The standard InChI is InChI=1S/C15H15ClN2O2/c16-12-3-1-10(2-4-12)9-13-15(19)18-14(17-13)11-5-7-20-8-6-11/h1-4,9,11H,5-8H2,(H,17,18,19)/b13-9+. The minimum atomic E-state index is -0.138. The van der Waals surface area contributed by atoms with Gasteiger partial charge in [0.15, 0.2) is 0 Å². The lowest BCUT2D eigenvalue weighted by Crippen LogP contribution is -2.33. The second-order valence-electron chi connectivity index (χ2n) is 4.92. The van der Waals surface area contributed by atoms with Crippen LogP contribution in [-0.2, 0) is 9.53 Å². The fraction of sp³-hybridized carbons (Fsp3) is 0.333. The Morgan fingerprint density at radius 2 is 1.95 bits per heavy atom. The van der Waals surface area contributed by atoms with Crippen LogP contribution in [0.25, 0.3) is 6.08 Å². The zero-order valence-electron chi connectivity index (χ0n) is 10.9. The highest BCUT2D eigenvalue weighted by Crippen LogP contribution is 2.21. The van der Waals surface area contributed by atoms with Crippen molar-refractivity contribution in [1.29, 1.82) is 0 Å². The first-order valence-corrected chi connectivity index (χ1v) is 7.05. The highest BCUT2D eigenvalue weighted by molar-refractivity contribution is 6.30. The van der Waals surface area contributed by atoms with E-state index in [1.54, 1.807) is 18.2 Å². The van der Waals surface area contributed by atoms with Crippen LogP contribution in [0.5, 0.6) is 0 Å². The smallest absolute Gasteiger partial charge is 0.275 e. The van der Waals surface area contributed by atoms with Crippen molar-refractivity contribution in [1.82, 2.24) is 5.32 Å². The summed E-state index contributed by atoms with van der Waals surface area (Å²) in [5.74, 6) is 0.934. The summed E-state index contributed by atoms with van der Waals surface area (Å²) >= 11 is 5.84. The molecule has 2 aliphatic heterocycles. The number of carbonyl (C=O) groups is 1. The summed E-state index contributed by atoms with van der Waals surface area (Å²) in [6, 6.07) is 7.32. The summed E-state index contributed by atoms with van der Waals surface area (Å²) in [5.41, 5.74) is 1.37. The topological polar surface area (TPSA) is 50.7 Å². The molecule has 1 fully saturated rings. The normalized spacial score (nSPS) is 21.9. The van der Waals surface area contributed by atoms with Crippen molar-refractivity contribution >= 4 is 29.4 Å². The zero-order valence-corrected chi connectivity index (χ0v) is 11.7. The Hall–Kier alpha value is -1.65. The Morgan fingerprint density at radius 3 is 2.65 bits per heavy atom. The molecular formula is C15H15ClN2O2. The number of rotatable bonds is 2. The SMILES string of the molecule is O=C1NC(C2CCOCC2)=N/C1=C/c1ccc(Cl)cc1. The minimum absolute atomic E-state index is 0.138. The number of benzene rings is 1. The van der Waals surface area contributed by atoms with E-state index in [0.717, 1.165) is 37.5 Å². The number of hydrogen-bond donors (Lipinski definition) is 1. The van der Waals surface area contributed by atoms with Gasteiger partial charge in [-0.05, 0) is 36.6 Å². The van der Waals surface area contributed by atoms with Gasteiger partial charge in [-0.3, -0.25) is 4.79 Å². The van der Waals surface area contributed by atoms with Crippen molar-refractivity contribution < 1.29 is 9.53 Å². The molecule has 1 amide bonds. The van der Waals surface area contributed by atoms with Gasteiger partial charge in [0.05, 0.1) is 0 Å². The second kappa shape index (κ2) is 5.77. The molecule has 0 radical (unpaired) electrons. The number of aliphatic imine (C=N–C) groups is 1. The number of amidine groups is 1. The fourth-order valence-electron chi connectivity index (χ4n) is 2.37. The van der Waals surface area contributed by atoms with Crippen molar-refractivity contribution in [3.63, 3.8) is 0 Å². The number of hydrogen-bond acceptors (Lipinski definition) is 3. The van der Waals surface area contributed by atoms with Crippen LogP contribution >= 0.6 is 11.6 Å². The molecule has 0 saturated carbocycles. The third kappa shape index (κ3) is 2.92. The number of amides is 1. The van der Waals surface area contributed by atoms with Crippen molar-refractivity contribution in [3.05, 3.63) is 40.5 Å². The molecule has 1 saturated heterocycles. The molecule has 0 aromatic heterocycles. The van der Waals surface area contributed by atoms with Gasteiger partial charge in [0, 0.05) is 24.2 Å². The average Bonchev–Trinajstić information content (AvgIpc) is 2.84. The first-order valence-electron chi connectivity index (χ1n) is 6.67. The Kier molecular flexibility index (Phi) is 3.85. The Labute approximate surface area is 122 Å². The lowest BCUT2D eigenvalue weighted by molar-refractivity contribution is -0.115. The highest BCUT2D eigenvalue weighted by atomic mass is 35.5. The Bertz CT molecular complexity index is 572. The van der Waals surface area contributed by atoms with E-state index in [0.29, 0.717) is 16.6 Å². The van der Waals surface area contributed by atoms with E-state index < -0.39 is 0 Å². The molecule has 0 spiro atoms. The molecule has 1 aromatic carbocycles. The largest absolute Gasteiger partial charge is 0.381 e. The van der Waals surface area contributed by atoms with E-state index in [1.165, 1.54) is 0 Å². The second-order valence-corrected chi connectivity index (χ2v) is 5.36. The summed E-state index contributed by atoms with van der Waals surface area (Å²) in [4.78, 5) is 16.4. The molecule has 1 N–H and O–H groups in total. The maximum Gasteiger partial charge on any atom is 0.275 e. The molecule has 104 valence electrons. The number of ether oxygens (including phenoxy) is 1. The van der Waals surface area contributed by atoms with E-state index >= 15 is 0 Å². The maximum atomic E-state index is 11.9. The summed E-state index contributed by atoms with van der Waals surface area (Å²) in [6.45, 7) is 1.46. The molecule has 2 aliphatic rings. The quantitative estimate of drug-likeness (QED) is 0.851. The molecule has 20 heavy (non-hydrogen) atoms. The predicted octanol–water partition coefficient (Wildman–Crippen LogP) is 2.64. The molecule has 2 heterocycles. The Morgan fingerprint density at radius 1 is 1.25 bits per heavy atom. The lowest BCUT2D eigenvalue weighted by Gasteiger charge is -2.21. The van der Waals surface area contributed by atoms with E-state index in [9.17, 15) is 4.79 Å². The number of nitrogens with one attached hydrogen (secondary N) is 1. The monoisotopic (exact) mass is 290 g/mol. The first-order chi connectivity index (χ1) is 9.72. The molecule has 5 heteroatoms. The number of halogens is 1. The van der Waals surface area contributed by atoms with Crippen molar-refractivity contribution in [3.8, 4) is 0 Å². The average molecular weight is 291 g/mol. The molecular weight excluding hydrogens is 276 g/mol. The van der Waals surface area contributed by atoms with Crippen molar-refractivity contribution in [2.45, 2.75) is 12.8 Å². The fourth-order valence-corrected chi connectivity index (χ4v) is 2.49. The van der Waals surface area contributed by atoms with Gasteiger partial charge < -0.3 is 10.1 Å². The van der Waals surface area contributed by atoms with E-state index in [2.05, 4.69) is 10.3 Å². The summed E-state index contributed by atoms with van der Waals surface area (Å²) in [7, 11) is 0. The van der Waals surface area contributed by atoms with Crippen LogP contribution in [0.15, 0.2) is 35.0 Å². The third-order valence-corrected chi connectivity index (χ3v) is 3.75. The van der Waals surface area contributed by atoms with Crippen LogP contribution in [0.4, 0.5) is 0 Å². The zero-order chi connectivity index (χ0) is 13.9. The van der Waals surface area contributed by atoms with Gasteiger partial charge >= 0.3 is 0 Å². The lowest BCUT2D eigenvalue weighted by atomic mass is 9.99. The van der Waals surface area contributed by atoms with Gasteiger partial charge in [0.1, 0.15) is 11.5 Å². The van der Waals surface area contributed by atoms with E-state index in [-0.39, 0.29) is 5.91 Å².